The first-order chi connectivity index (χ1) is 8.65. The minimum atomic E-state index is 0.469. The minimum Gasteiger partial charge on any atom is -0.335 e. The molecule has 0 aromatic carbocycles. The molecule has 2 heterocycles. The molecular weight excluding hydrogens is 228 g/mol. The molecular formula is C12H14N6. The highest BCUT2D eigenvalue weighted by Crippen LogP contribution is 2.20. The van der Waals surface area contributed by atoms with Crippen molar-refractivity contribution >= 4 is 11.5 Å². The number of nitrogens with zero attached hydrogens (tertiary/aromatic N) is 5. The van der Waals surface area contributed by atoms with Gasteiger partial charge in [-0.15, -0.1) is 5.10 Å². The third-order valence-electron chi connectivity index (χ3n) is 2.79. The molecule has 0 saturated carbocycles. The van der Waals surface area contributed by atoms with Gasteiger partial charge in [-0.1, -0.05) is 0 Å². The Morgan fingerprint density at radius 2 is 2.17 bits per heavy atom. The highest BCUT2D eigenvalue weighted by atomic mass is 15.3. The lowest BCUT2D eigenvalue weighted by atomic mass is 10.1. The molecule has 6 nitrogen and oxygen atoms in total. The Balaban J connectivity index is 2.35. The SMILES string of the molecule is CCn1cc(Nc2nnc(C)c(C)c2C#N)cn1. The molecule has 18 heavy (non-hydrogen) atoms. The summed E-state index contributed by atoms with van der Waals surface area (Å²) in [4.78, 5) is 0. The summed E-state index contributed by atoms with van der Waals surface area (Å²) in [5.74, 6) is 0.469. The maximum atomic E-state index is 9.17. The molecule has 0 unspecified atom stereocenters. The highest BCUT2D eigenvalue weighted by Gasteiger charge is 2.11. The third-order valence-corrected chi connectivity index (χ3v) is 2.79. The average Bonchev–Trinajstić information content (AvgIpc) is 2.82. The Hall–Kier alpha value is -2.42. The first-order valence-electron chi connectivity index (χ1n) is 5.69. The van der Waals surface area contributed by atoms with Crippen molar-refractivity contribution in [1.29, 1.82) is 5.26 Å². The molecule has 6 heteroatoms. The van der Waals surface area contributed by atoms with E-state index in [9.17, 15) is 5.26 Å². The van der Waals surface area contributed by atoms with Gasteiger partial charge in [0.25, 0.3) is 0 Å². The maximum absolute atomic E-state index is 9.17. The Morgan fingerprint density at radius 1 is 1.39 bits per heavy atom. The van der Waals surface area contributed by atoms with E-state index >= 15 is 0 Å². The van der Waals surface area contributed by atoms with Crippen LogP contribution in [0.1, 0.15) is 23.7 Å². The standard InChI is InChI=1S/C12H14N6/c1-4-18-7-10(6-14-18)15-12-11(5-13)8(2)9(3)16-17-12/h6-7H,4H2,1-3H3,(H,15,17). The van der Waals surface area contributed by atoms with Crippen LogP contribution in [-0.2, 0) is 6.54 Å². The van der Waals surface area contributed by atoms with Crippen molar-refractivity contribution in [2.75, 3.05) is 5.32 Å². The minimum absolute atomic E-state index is 0.469. The van der Waals surface area contributed by atoms with Crippen molar-refractivity contribution in [2.24, 2.45) is 0 Å². The van der Waals surface area contributed by atoms with Gasteiger partial charge < -0.3 is 5.32 Å². The van der Waals surface area contributed by atoms with E-state index < -0.39 is 0 Å². The van der Waals surface area contributed by atoms with Gasteiger partial charge in [0.15, 0.2) is 5.82 Å². The van der Waals surface area contributed by atoms with E-state index in [-0.39, 0.29) is 0 Å². The Morgan fingerprint density at radius 3 is 2.78 bits per heavy atom. The van der Waals surface area contributed by atoms with E-state index in [1.54, 1.807) is 10.9 Å². The molecule has 0 fully saturated rings. The average molecular weight is 242 g/mol. The zero-order valence-corrected chi connectivity index (χ0v) is 10.6. The van der Waals surface area contributed by atoms with Crippen molar-refractivity contribution in [3.8, 4) is 6.07 Å². The number of hydrogen-bond donors (Lipinski definition) is 1. The molecule has 2 aromatic rings. The van der Waals surface area contributed by atoms with Crippen LogP contribution in [0.25, 0.3) is 0 Å². The van der Waals surface area contributed by atoms with E-state index in [4.69, 9.17) is 0 Å². The van der Waals surface area contributed by atoms with Crippen LogP contribution >= 0.6 is 0 Å². The summed E-state index contributed by atoms with van der Waals surface area (Å²) in [6.45, 7) is 6.50. The van der Waals surface area contributed by atoms with Gasteiger partial charge in [0.2, 0.25) is 0 Å². The van der Waals surface area contributed by atoms with E-state index in [0.29, 0.717) is 11.4 Å². The van der Waals surface area contributed by atoms with E-state index in [0.717, 1.165) is 23.5 Å². The van der Waals surface area contributed by atoms with Gasteiger partial charge in [-0.05, 0) is 26.3 Å². The molecule has 0 aliphatic carbocycles. The number of aryl methyl sites for hydroxylation is 2. The molecule has 1 N–H and O–H groups in total. The quantitative estimate of drug-likeness (QED) is 0.889. The summed E-state index contributed by atoms with van der Waals surface area (Å²) in [5, 5.41) is 24.4. The summed E-state index contributed by atoms with van der Waals surface area (Å²) in [6.07, 6.45) is 3.56. The van der Waals surface area contributed by atoms with Crippen LogP contribution in [0.4, 0.5) is 11.5 Å². The molecule has 0 radical (unpaired) electrons. The van der Waals surface area contributed by atoms with Gasteiger partial charge in [-0.25, -0.2) is 0 Å². The first kappa shape index (κ1) is 12.0. The van der Waals surface area contributed by atoms with Gasteiger partial charge in [0.1, 0.15) is 11.6 Å². The summed E-state index contributed by atoms with van der Waals surface area (Å²) in [5.41, 5.74) is 2.93. The summed E-state index contributed by atoms with van der Waals surface area (Å²) < 4.78 is 1.79. The van der Waals surface area contributed by atoms with Crippen LogP contribution in [0.15, 0.2) is 12.4 Å². The molecule has 92 valence electrons. The molecule has 0 aliphatic heterocycles. The topological polar surface area (TPSA) is 79.4 Å². The molecule has 0 aliphatic rings. The van der Waals surface area contributed by atoms with Crippen molar-refractivity contribution in [1.82, 2.24) is 20.0 Å². The number of rotatable bonds is 3. The predicted octanol–water partition coefficient (Wildman–Crippen LogP) is 1.93. The zero-order chi connectivity index (χ0) is 13.1. The zero-order valence-electron chi connectivity index (χ0n) is 10.6. The molecule has 2 aromatic heterocycles. The summed E-state index contributed by atoms with van der Waals surface area (Å²) >= 11 is 0. The van der Waals surface area contributed by atoms with Crippen LogP contribution < -0.4 is 5.32 Å². The molecule has 2 rings (SSSR count). The fourth-order valence-electron chi connectivity index (χ4n) is 1.57. The first-order valence-corrected chi connectivity index (χ1v) is 5.69. The van der Waals surface area contributed by atoms with E-state index in [1.807, 2.05) is 27.0 Å². The Labute approximate surface area is 105 Å². The number of anilines is 2. The second-order valence-electron chi connectivity index (χ2n) is 3.96. The van der Waals surface area contributed by atoms with E-state index in [2.05, 4.69) is 26.7 Å². The molecule has 0 saturated heterocycles. The third kappa shape index (κ3) is 2.15. The smallest absolute Gasteiger partial charge is 0.171 e. The Bertz CT molecular complexity index is 608. The maximum Gasteiger partial charge on any atom is 0.171 e. The van der Waals surface area contributed by atoms with Crippen molar-refractivity contribution in [3.63, 3.8) is 0 Å². The fraction of sp³-hybridized carbons (Fsp3) is 0.333. The second-order valence-corrected chi connectivity index (χ2v) is 3.96. The van der Waals surface area contributed by atoms with Crippen LogP contribution in [0.3, 0.4) is 0 Å². The van der Waals surface area contributed by atoms with Gasteiger partial charge >= 0.3 is 0 Å². The normalized spacial score (nSPS) is 10.1. The van der Waals surface area contributed by atoms with Crippen molar-refractivity contribution in [3.05, 3.63) is 29.2 Å². The lowest BCUT2D eigenvalue weighted by Crippen LogP contribution is -2.03. The second kappa shape index (κ2) is 4.84. The largest absolute Gasteiger partial charge is 0.335 e. The van der Waals surface area contributed by atoms with E-state index in [1.165, 1.54) is 0 Å². The van der Waals surface area contributed by atoms with Crippen molar-refractivity contribution < 1.29 is 0 Å². The molecule has 0 atom stereocenters. The Kier molecular flexibility index (Phi) is 3.24. The lowest BCUT2D eigenvalue weighted by molar-refractivity contribution is 0.660. The van der Waals surface area contributed by atoms with Gasteiger partial charge in [0.05, 0.1) is 17.6 Å². The van der Waals surface area contributed by atoms with Gasteiger partial charge in [-0.3, -0.25) is 4.68 Å². The number of hydrogen-bond acceptors (Lipinski definition) is 5. The molecule has 0 bridgehead atoms. The number of aromatic nitrogens is 4. The van der Waals surface area contributed by atoms with Crippen LogP contribution in [0.2, 0.25) is 0 Å². The van der Waals surface area contributed by atoms with Crippen LogP contribution in [0.5, 0.6) is 0 Å². The molecule has 0 amide bonds. The summed E-state index contributed by atoms with van der Waals surface area (Å²) in [7, 11) is 0. The fourth-order valence-corrected chi connectivity index (χ4v) is 1.57. The number of nitriles is 1. The highest BCUT2D eigenvalue weighted by molar-refractivity contribution is 5.63. The summed E-state index contributed by atoms with van der Waals surface area (Å²) in [6, 6.07) is 2.15. The van der Waals surface area contributed by atoms with Crippen molar-refractivity contribution in [2.45, 2.75) is 27.3 Å². The number of nitrogens with one attached hydrogen (secondary N) is 1. The lowest BCUT2D eigenvalue weighted by Gasteiger charge is -2.07. The predicted molar refractivity (Wildman–Crippen MR) is 67.4 cm³/mol. The monoisotopic (exact) mass is 242 g/mol. The van der Waals surface area contributed by atoms with Gasteiger partial charge in [-0.2, -0.15) is 15.5 Å². The molecule has 0 spiro atoms. The van der Waals surface area contributed by atoms with Gasteiger partial charge in [0, 0.05) is 12.7 Å². The van der Waals surface area contributed by atoms with Crippen LogP contribution in [0, 0.1) is 25.2 Å². The van der Waals surface area contributed by atoms with Crippen LogP contribution in [-0.4, -0.2) is 20.0 Å².